The van der Waals surface area contributed by atoms with Gasteiger partial charge in [-0.25, -0.2) is 4.39 Å². The third-order valence-corrected chi connectivity index (χ3v) is 4.29. The van der Waals surface area contributed by atoms with Crippen LogP contribution in [-0.4, -0.2) is 40.8 Å². The summed E-state index contributed by atoms with van der Waals surface area (Å²) in [6.45, 7) is 4.59. The van der Waals surface area contributed by atoms with E-state index in [-0.39, 0.29) is 22.3 Å². The van der Waals surface area contributed by atoms with Gasteiger partial charge in [0.25, 0.3) is 11.1 Å². The second-order valence-corrected chi connectivity index (χ2v) is 6.18. The minimum absolute atomic E-state index is 0.176. The van der Waals surface area contributed by atoms with Crippen molar-refractivity contribution in [2.24, 2.45) is 0 Å². The van der Waals surface area contributed by atoms with E-state index < -0.39 is 11.7 Å². The zero-order valence-electron chi connectivity index (χ0n) is 12.8. The average Bonchev–Trinajstić information content (AvgIpc) is 2.82. The number of thiocarbonyl (C=S) groups is 1. The molecule has 1 aliphatic heterocycles. The van der Waals surface area contributed by atoms with Crippen molar-refractivity contribution in [3.63, 3.8) is 0 Å². The van der Waals surface area contributed by atoms with Gasteiger partial charge in [-0.2, -0.15) is 0 Å². The minimum Gasteiger partial charge on any atom is -0.361 e. The maximum Gasteiger partial charge on any atom is 0.293 e. The molecule has 0 radical (unpaired) electrons. The lowest BCUT2D eigenvalue weighted by molar-refractivity contribution is -0.122. The number of carbonyl (C=O) groups excluding carboxylic acids is 2. The average molecular weight is 365 g/mol. The van der Waals surface area contributed by atoms with E-state index in [4.69, 9.17) is 12.2 Å². The molecule has 0 bridgehead atoms. The SMILES string of the molecule is C=CCNC(=S)NCCN1C(=O)S/C(=C\c2ccccc2F)C1=O. The molecule has 1 aromatic carbocycles. The Kier molecular flexibility index (Phi) is 6.51. The van der Waals surface area contributed by atoms with E-state index in [1.165, 1.54) is 12.1 Å². The molecule has 0 aliphatic carbocycles. The molecule has 0 spiro atoms. The Morgan fingerprint density at radius 2 is 2.08 bits per heavy atom. The predicted octanol–water partition coefficient (Wildman–Crippen LogP) is 2.51. The van der Waals surface area contributed by atoms with Crippen molar-refractivity contribution in [1.29, 1.82) is 0 Å². The fourth-order valence-corrected chi connectivity index (χ4v) is 2.98. The van der Waals surface area contributed by atoms with Crippen LogP contribution in [0, 0.1) is 5.82 Å². The molecule has 8 heteroatoms. The molecule has 2 amide bonds. The van der Waals surface area contributed by atoms with Crippen LogP contribution in [0.5, 0.6) is 0 Å². The molecule has 2 N–H and O–H groups in total. The van der Waals surface area contributed by atoms with Gasteiger partial charge in [0.05, 0.1) is 4.91 Å². The number of hydrogen-bond donors (Lipinski definition) is 2. The summed E-state index contributed by atoms with van der Waals surface area (Å²) in [6, 6.07) is 6.08. The number of halogens is 1. The maximum absolute atomic E-state index is 13.7. The molecular weight excluding hydrogens is 349 g/mol. The van der Waals surface area contributed by atoms with Gasteiger partial charge in [-0.1, -0.05) is 24.3 Å². The van der Waals surface area contributed by atoms with E-state index in [0.29, 0.717) is 18.2 Å². The zero-order valence-corrected chi connectivity index (χ0v) is 14.4. The van der Waals surface area contributed by atoms with Crippen LogP contribution in [-0.2, 0) is 4.79 Å². The number of thioether (sulfide) groups is 1. The summed E-state index contributed by atoms with van der Waals surface area (Å²) in [6.07, 6.45) is 3.06. The van der Waals surface area contributed by atoms with Crippen LogP contribution in [0.15, 0.2) is 41.8 Å². The monoisotopic (exact) mass is 365 g/mol. The molecule has 1 heterocycles. The summed E-state index contributed by atoms with van der Waals surface area (Å²) in [5.41, 5.74) is 0.274. The Balaban J connectivity index is 1.95. The van der Waals surface area contributed by atoms with Crippen molar-refractivity contribution in [1.82, 2.24) is 15.5 Å². The number of imide groups is 1. The molecule has 1 fully saturated rings. The Morgan fingerprint density at radius 3 is 2.79 bits per heavy atom. The van der Waals surface area contributed by atoms with Crippen molar-refractivity contribution >= 4 is 46.3 Å². The van der Waals surface area contributed by atoms with Gasteiger partial charge in [-0.05, 0) is 36.1 Å². The highest BCUT2D eigenvalue weighted by Gasteiger charge is 2.34. The summed E-state index contributed by atoms with van der Waals surface area (Å²) in [5, 5.41) is 5.82. The predicted molar refractivity (Wildman–Crippen MR) is 97.9 cm³/mol. The first-order valence-corrected chi connectivity index (χ1v) is 8.38. The molecule has 24 heavy (non-hydrogen) atoms. The molecule has 0 atom stereocenters. The topological polar surface area (TPSA) is 61.4 Å². The lowest BCUT2D eigenvalue weighted by Gasteiger charge is -2.14. The Morgan fingerprint density at radius 1 is 1.33 bits per heavy atom. The van der Waals surface area contributed by atoms with Gasteiger partial charge in [-0.3, -0.25) is 14.5 Å². The molecule has 5 nitrogen and oxygen atoms in total. The molecule has 1 saturated heterocycles. The molecular formula is C16H16FN3O2S2. The van der Waals surface area contributed by atoms with Gasteiger partial charge >= 0.3 is 0 Å². The van der Waals surface area contributed by atoms with Crippen molar-refractivity contribution in [3.8, 4) is 0 Å². The fourth-order valence-electron chi connectivity index (χ4n) is 1.93. The van der Waals surface area contributed by atoms with Gasteiger partial charge in [0.15, 0.2) is 5.11 Å². The summed E-state index contributed by atoms with van der Waals surface area (Å²) in [4.78, 5) is 25.6. The van der Waals surface area contributed by atoms with Gasteiger partial charge < -0.3 is 10.6 Å². The molecule has 126 valence electrons. The third-order valence-electron chi connectivity index (χ3n) is 3.09. The van der Waals surface area contributed by atoms with Crippen LogP contribution < -0.4 is 10.6 Å². The van der Waals surface area contributed by atoms with Crippen LogP contribution >= 0.6 is 24.0 Å². The third kappa shape index (κ3) is 4.65. The van der Waals surface area contributed by atoms with Gasteiger partial charge in [-0.15, -0.1) is 6.58 Å². The van der Waals surface area contributed by atoms with E-state index in [9.17, 15) is 14.0 Å². The van der Waals surface area contributed by atoms with Crippen LogP contribution in [0.25, 0.3) is 6.08 Å². The standard InChI is InChI=1S/C16H16FN3O2S2/c1-2-7-18-15(23)19-8-9-20-14(21)13(24-16(20)22)10-11-5-3-4-6-12(11)17/h2-6,10H,1,7-9H2,(H2,18,19,23)/b13-10-. The van der Waals surface area contributed by atoms with Crippen molar-refractivity contribution in [2.75, 3.05) is 19.6 Å². The number of amides is 2. The first-order chi connectivity index (χ1) is 11.5. The first kappa shape index (κ1) is 18.2. The van der Waals surface area contributed by atoms with Crippen molar-refractivity contribution in [2.45, 2.75) is 0 Å². The fraction of sp³-hybridized carbons (Fsp3) is 0.188. The maximum atomic E-state index is 13.7. The summed E-state index contributed by atoms with van der Waals surface area (Å²) >= 11 is 5.83. The van der Waals surface area contributed by atoms with Crippen LogP contribution in [0.1, 0.15) is 5.56 Å². The number of carbonyl (C=O) groups is 2. The van der Waals surface area contributed by atoms with Crippen molar-refractivity contribution in [3.05, 3.63) is 53.2 Å². The van der Waals surface area contributed by atoms with Crippen molar-refractivity contribution < 1.29 is 14.0 Å². The van der Waals surface area contributed by atoms with E-state index in [0.717, 1.165) is 16.7 Å². The normalized spacial score (nSPS) is 15.7. The Bertz CT molecular complexity index is 706. The summed E-state index contributed by atoms with van der Waals surface area (Å²) < 4.78 is 13.7. The summed E-state index contributed by atoms with van der Waals surface area (Å²) in [5.74, 6) is -0.871. The molecule has 0 unspecified atom stereocenters. The van der Waals surface area contributed by atoms with E-state index in [1.807, 2.05) is 0 Å². The highest BCUT2D eigenvalue weighted by atomic mass is 32.2. The minimum atomic E-state index is -0.440. The smallest absolute Gasteiger partial charge is 0.293 e. The Hall–Kier alpha value is -2.19. The quantitative estimate of drug-likeness (QED) is 0.459. The molecule has 1 aromatic rings. The van der Waals surface area contributed by atoms with Gasteiger partial charge in [0.1, 0.15) is 5.82 Å². The van der Waals surface area contributed by atoms with E-state index in [1.54, 1.807) is 24.3 Å². The van der Waals surface area contributed by atoms with Gasteiger partial charge in [0, 0.05) is 25.2 Å². The lowest BCUT2D eigenvalue weighted by Crippen LogP contribution is -2.41. The van der Waals surface area contributed by atoms with E-state index >= 15 is 0 Å². The Labute approximate surface area is 149 Å². The van der Waals surface area contributed by atoms with Gasteiger partial charge in [0.2, 0.25) is 0 Å². The highest BCUT2D eigenvalue weighted by molar-refractivity contribution is 8.18. The molecule has 0 aromatic heterocycles. The molecule has 1 aliphatic rings. The molecule has 2 rings (SSSR count). The van der Waals surface area contributed by atoms with E-state index in [2.05, 4.69) is 17.2 Å². The number of nitrogens with zero attached hydrogens (tertiary/aromatic N) is 1. The number of rotatable bonds is 6. The highest BCUT2D eigenvalue weighted by Crippen LogP contribution is 2.32. The lowest BCUT2D eigenvalue weighted by atomic mass is 10.2. The summed E-state index contributed by atoms with van der Waals surface area (Å²) in [7, 11) is 0. The zero-order chi connectivity index (χ0) is 17.5. The number of benzene rings is 1. The van der Waals surface area contributed by atoms with Crippen LogP contribution in [0.3, 0.4) is 0 Å². The number of hydrogen-bond acceptors (Lipinski definition) is 4. The molecule has 0 saturated carbocycles. The second-order valence-electron chi connectivity index (χ2n) is 4.78. The second kappa shape index (κ2) is 8.60. The van der Waals surface area contributed by atoms with Crippen LogP contribution in [0.2, 0.25) is 0 Å². The first-order valence-electron chi connectivity index (χ1n) is 7.15. The van der Waals surface area contributed by atoms with Crippen LogP contribution in [0.4, 0.5) is 9.18 Å². The largest absolute Gasteiger partial charge is 0.361 e. The number of nitrogens with one attached hydrogen (secondary N) is 2.